The second kappa shape index (κ2) is 11.4. The first kappa shape index (κ1) is 29.0. The van der Waals surface area contributed by atoms with Crippen LogP contribution in [0.4, 0.5) is 5.69 Å². The number of rotatable bonds is 9. The standard InChI is InChI=1S/C18H23NO17S/c20-9-8(5-32-37(29,30)31)34-18(33-7-3-1-6(2-4-7)19(27)28)13(24)14(9)35-17-12(23)10(21)11(22)15(36-17)16(25)26/h1-4,8-15,17-18,20-24H,5H2,(H,25,26)(H,29,30,31)/t8-,9+,10+,11+,12-,13-,14+,15+,17-,18-/m1/s1. The number of ether oxygens (including phenoxy) is 4. The van der Waals surface area contributed by atoms with Gasteiger partial charge >= 0.3 is 16.4 Å². The minimum absolute atomic E-state index is 0.0994. The molecule has 1 aromatic carbocycles. The summed E-state index contributed by atoms with van der Waals surface area (Å²) in [6, 6.07) is 4.36. The van der Waals surface area contributed by atoms with Gasteiger partial charge in [0.15, 0.2) is 12.4 Å². The van der Waals surface area contributed by atoms with Gasteiger partial charge < -0.3 is 49.6 Å². The van der Waals surface area contributed by atoms with Crippen LogP contribution in [0.1, 0.15) is 0 Å². The van der Waals surface area contributed by atoms with Crippen LogP contribution in [0, 0.1) is 10.1 Å². The Hall–Kier alpha value is -2.56. The van der Waals surface area contributed by atoms with E-state index in [-0.39, 0.29) is 11.4 Å². The molecule has 0 amide bonds. The number of nitro groups is 1. The number of benzene rings is 1. The molecule has 0 aliphatic carbocycles. The maximum absolute atomic E-state index is 11.3. The molecule has 2 heterocycles. The van der Waals surface area contributed by atoms with Gasteiger partial charge in [-0.25, -0.2) is 8.98 Å². The summed E-state index contributed by atoms with van der Waals surface area (Å²) in [4.78, 5) is 21.5. The molecule has 0 bridgehead atoms. The number of nitro benzene ring substituents is 1. The highest BCUT2D eigenvalue weighted by atomic mass is 32.3. The topological polar surface area (TPSA) is 282 Å². The first-order valence-electron chi connectivity index (χ1n) is 10.3. The molecule has 10 atom stereocenters. The van der Waals surface area contributed by atoms with Crippen molar-refractivity contribution in [3.05, 3.63) is 34.4 Å². The van der Waals surface area contributed by atoms with Gasteiger partial charge in [-0.2, -0.15) is 8.42 Å². The lowest BCUT2D eigenvalue weighted by atomic mass is 9.97. The Morgan fingerprint density at radius 3 is 2.11 bits per heavy atom. The zero-order valence-electron chi connectivity index (χ0n) is 18.4. The largest absolute Gasteiger partial charge is 0.479 e. The molecule has 7 N–H and O–H groups in total. The number of aliphatic hydroxyl groups is 5. The smallest absolute Gasteiger partial charge is 0.397 e. The Morgan fingerprint density at radius 1 is 0.946 bits per heavy atom. The zero-order chi connectivity index (χ0) is 27.7. The van der Waals surface area contributed by atoms with E-state index in [0.29, 0.717) is 0 Å². The van der Waals surface area contributed by atoms with Crippen LogP contribution in [0.25, 0.3) is 0 Å². The van der Waals surface area contributed by atoms with Crippen molar-refractivity contribution in [1.82, 2.24) is 0 Å². The molecule has 208 valence electrons. The molecule has 0 unspecified atom stereocenters. The highest BCUT2D eigenvalue weighted by molar-refractivity contribution is 7.80. The van der Waals surface area contributed by atoms with Crippen LogP contribution in [0.2, 0.25) is 0 Å². The predicted molar refractivity (Wildman–Crippen MR) is 111 cm³/mol. The molecule has 0 saturated carbocycles. The fourth-order valence-electron chi connectivity index (χ4n) is 3.55. The van der Waals surface area contributed by atoms with Crippen LogP contribution >= 0.6 is 0 Å². The molecular formula is C18H23NO17S. The minimum atomic E-state index is -5.02. The van der Waals surface area contributed by atoms with E-state index in [0.717, 1.165) is 24.3 Å². The van der Waals surface area contributed by atoms with E-state index in [2.05, 4.69) is 4.18 Å². The molecule has 19 heteroatoms. The van der Waals surface area contributed by atoms with Crippen LogP contribution in [-0.2, 0) is 33.6 Å². The Balaban J connectivity index is 1.85. The second-order valence-electron chi connectivity index (χ2n) is 7.94. The maximum atomic E-state index is 11.3. The first-order chi connectivity index (χ1) is 17.2. The number of nitrogens with zero attached hydrogens (tertiary/aromatic N) is 1. The number of hydrogen-bond acceptors (Lipinski definition) is 15. The summed E-state index contributed by atoms with van der Waals surface area (Å²) >= 11 is 0. The van der Waals surface area contributed by atoms with E-state index in [9.17, 15) is 54.0 Å². The van der Waals surface area contributed by atoms with E-state index in [1.54, 1.807) is 0 Å². The predicted octanol–water partition coefficient (Wildman–Crippen LogP) is -3.48. The van der Waals surface area contributed by atoms with Gasteiger partial charge in [0, 0.05) is 12.1 Å². The SMILES string of the molecule is O=C(O)[C@H]1O[C@@H](O[C@H]2[C@@H](O)[C@@H](COS(=O)(=O)O)O[C@@H](Oc3ccc([N+](=O)[O-])cc3)[C@@H]2O)[C@H](O)[C@@H](O)[C@@H]1O. The molecule has 0 radical (unpaired) electrons. The first-order valence-corrected chi connectivity index (χ1v) is 11.7. The maximum Gasteiger partial charge on any atom is 0.397 e. The van der Waals surface area contributed by atoms with Crippen molar-refractivity contribution < 1.29 is 76.5 Å². The highest BCUT2D eigenvalue weighted by Crippen LogP contribution is 2.31. The molecular weight excluding hydrogens is 534 g/mol. The molecule has 2 saturated heterocycles. The van der Waals surface area contributed by atoms with Crippen LogP contribution in [0.15, 0.2) is 24.3 Å². The number of carbonyl (C=O) groups is 1. The third-order valence-corrected chi connectivity index (χ3v) is 5.86. The monoisotopic (exact) mass is 557 g/mol. The van der Waals surface area contributed by atoms with Crippen LogP contribution in [-0.4, -0.2) is 123 Å². The number of hydrogen-bond donors (Lipinski definition) is 7. The van der Waals surface area contributed by atoms with Gasteiger partial charge in [0.25, 0.3) is 5.69 Å². The lowest BCUT2D eigenvalue weighted by molar-refractivity contribution is -0.384. The third-order valence-electron chi connectivity index (χ3n) is 5.43. The van der Waals surface area contributed by atoms with E-state index >= 15 is 0 Å². The molecule has 0 spiro atoms. The number of non-ortho nitro benzene ring substituents is 1. The fourth-order valence-corrected chi connectivity index (χ4v) is 3.86. The van der Waals surface area contributed by atoms with Crippen molar-refractivity contribution in [3.63, 3.8) is 0 Å². The summed E-state index contributed by atoms with van der Waals surface area (Å²) < 4.78 is 56.0. The fraction of sp³-hybridized carbons (Fsp3) is 0.611. The quantitative estimate of drug-likeness (QED) is 0.0881. The Morgan fingerprint density at radius 2 is 1.57 bits per heavy atom. The molecule has 2 fully saturated rings. The van der Waals surface area contributed by atoms with Gasteiger partial charge in [-0.3, -0.25) is 14.7 Å². The number of carboxylic acid groups (broad SMARTS) is 1. The number of aliphatic carboxylic acids is 1. The zero-order valence-corrected chi connectivity index (χ0v) is 19.2. The average Bonchev–Trinajstić information content (AvgIpc) is 2.82. The summed E-state index contributed by atoms with van der Waals surface area (Å²) in [6.07, 6.45) is -19.7. The summed E-state index contributed by atoms with van der Waals surface area (Å²) in [7, 11) is -5.02. The van der Waals surface area contributed by atoms with Crippen molar-refractivity contribution in [1.29, 1.82) is 0 Å². The van der Waals surface area contributed by atoms with Crippen LogP contribution in [0.5, 0.6) is 5.75 Å². The second-order valence-corrected chi connectivity index (χ2v) is 9.03. The van der Waals surface area contributed by atoms with E-state index < -0.39 is 89.3 Å². The molecule has 1 aromatic rings. The van der Waals surface area contributed by atoms with E-state index in [1.807, 2.05) is 0 Å². The molecule has 3 rings (SSSR count). The minimum Gasteiger partial charge on any atom is -0.479 e. The molecule has 2 aliphatic heterocycles. The van der Waals surface area contributed by atoms with Gasteiger partial charge in [0.05, 0.1) is 11.5 Å². The Kier molecular flexibility index (Phi) is 8.97. The summed E-state index contributed by atoms with van der Waals surface area (Å²) in [5.41, 5.74) is -0.300. The normalized spacial score (nSPS) is 36.6. The third kappa shape index (κ3) is 6.86. The van der Waals surface area contributed by atoms with Crippen molar-refractivity contribution in [2.24, 2.45) is 0 Å². The van der Waals surface area contributed by atoms with Gasteiger partial charge in [-0.05, 0) is 12.1 Å². The van der Waals surface area contributed by atoms with Crippen molar-refractivity contribution in [2.75, 3.05) is 6.61 Å². The van der Waals surface area contributed by atoms with Crippen molar-refractivity contribution in [3.8, 4) is 5.75 Å². The lowest BCUT2D eigenvalue weighted by Gasteiger charge is -2.45. The van der Waals surface area contributed by atoms with Gasteiger partial charge in [-0.1, -0.05) is 0 Å². The molecule has 2 aliphatic rings. The van der Waals surface area contributed by atoms with E-state index in [1.165, 1.54) is 0 Å². The van der Waals surface area contributed by atoms with Gasteiger partial charge in [0.1, 0.15) is 48.5 Å². The summed E-state index contributed by atoms with van der Waals surface area (Å²) in [5, 5.41) is 71.3. The number of aliphatic hydroxyl groups excluding tert-OH is 5. The molecule has 37 heavy (non-hydrogen) atoms. The highest BCUT2D eigenvalue weighted by Gasteiger charge is 2.53. The summed E-state index contributed by atoms with van der Waals surface area (Å²) in [5.74, 6) is -1.84. The van der Waals surface area contributed by atoms with Crippen LogP contribution in [0.3, 0.4) is 0 Å². The lowest BCUT2D eigenvalue weighted by Crippen LogP contribution is -2.65. The average molecular weight is 557 g/mol. The Labute approximate surface area is 207 Å². The Bertz CT molecular complexity index is 1070. The van der Waals surface area contributed by atoms with E-state index in [4.69, 9.17) is 23.5 Å². The molecule has 0 aromatic heterocycles. The van der Waals surface area contributed by atoms with Crippen LogP contribution < -0.4 is 4.74 Å². The van der Waals surface area contributed by atoms with Gasteiger partial charge in [-0.15, -0.1) is 0 Å². The number of carboxylic acids is 1. The van der Waals surface area contributed by atoms with Gasteiger partial charge in [0.2, 0.25) is 6.29 Å². The van der Waals surface area contributed by atoms with Crippen molar-refractivity contribution >= 4 is 22.1 Å². The summed E-state index contributed by atoms with van der Waals surface area (Å²) in [6.45, 7) is -1.04. The molecule has 18 nitrogen and oxygen atoms in total. The van der Waals surface area contributed by atoms with Crippen molar-refractivity contribution in [2.45, 2.75) is 61.4 Å².